The average Bonchev–Trinajstić information content (AvgIpc) is 2.41. The van der Waals surface area contributed by atoms with E-state index in [1.165, 1.54) is 6.33 Å². The van der Waals surface area contributed by atoms with E-state index in [-0.39, 0.29) is 12.5 Å². The number of carbonyl (C=O) groups excluding carboxylic acids is 1. The van der Waals surface area contributed by atoms with Gasteiger partial charge >= 0.3 is 0 Å². The van der Waals surface area contributed by atoms with Crippen LogP contribution in [-0.4, -0.2) is 22.4 Å². The summed E-state index contributed by atoms with van der Waals surface area (Å²) in [5, 5.41) is 5.81. The first-order valence-electron chi connectivity index (χ1n) is 5.65. The molecule has 0 saturated heterocycles. The van der Waals surface area contributed by atoms with Crippen LogP contribution in [0.1, 0.15) is 5.69 Å². The van der Waals surface area contributed by atoms with Crippen molar-refractivity contribution in [2.75, 3.05) is 11.9 Å². The summed E-state index contributed by atoms with van der Waals surface area (Å²) in [4.78, 5) is 19.5. The second kappa shape index (κ2) is 6.46. The van der Waals surface area contributed by atoms with Crippen LogP contribution in [0.2, 0.25) is 0 Å². The first-order chi connectivity index (χ1) is 8.84. The molecule has 0 unspecified atom stereocenters. The van der Waals surface area contributed by atoms with Crippen LogP contribution in [0.4, 0.5) is 5.69 Å². The minimum atomic E-state index is -0.0738. The van der Waals surface area contributed by atoms with Crippen molar-refractivity contribution in [1.82, 2.24) is 15.3 Å². The highest BCUT2D eigenvalue weighted by atomic mass is 16.1. The van der Waals surface area contributed by atoms with Gasteiger partial charge in [0, 0.05) is 18.4 Å². The quantitative estimate of drug-likeness (QED) is 0.827. The van der Waals surface area contributed by atoms with E-state index in [2.05, 4.69) is 20.6 Å². The molecule has 18 heavy (non-hydrogen) atoms. The maximum Gasteiger partial charge on any atom is 0.238 e. The molecule has 0 aliphatic heterocycles. The van der Waals surface area contributed by atoms with Crippen LogP contribution >= 0.6 is 0 Å². The van der Waals surface area contributed by atoms with E-state index in [0.29, 0.717) is 6.54 Å². The van der Waals surface area contributed by atoms with Crippen LogP contribution in [-0.2, 0) is 11.3 Å². The Morgan fingerprint density at radius 3 is 2.72 bits per heavy atom. The van der Waals surface area contributed by atoms with Gasteiger partial charge in [0.2, 0.25) is 5.91 Å². The monoisotopic (exact) mass is 242 g/mol. The number of hydrogen-bond acceptors (Lipinski definition) is 4. The zero-order valence-corrected chi connectivity index (χ0v) is 9.84. The van der Waals surface area contributed by atoms with E-state index < -0.39 is 0 Å². The van der Waals surface area contributed by atoms with E-state index in [4.69, 9.17) is 0 Å². The number of benzene rings is 1. The van der Waals surface area contributed by atoms with Crippen molar-refractivity contribution < 1.29 is 4.79 Å². The second-order valence-corrected chi connectivity index (χ2v) is 3.72. The molecule has 0 bridgehead atoms. The Kier molecular flexibility index (Phi) is 4.38. The molecule has 0 radical (unpaired) electrons. The molecule has 1 amide bonds. The standard InChI is InChI=1S/C13H14N4O/c18-13(17-11-4-2-1-3-5-11)9-15-8-12-6-7-14-10-16-12/h1-7,10,15H,8-9H2,(H,17,18). The Morgan fingerprint density at radius 1 is 1.17 bits per heavy atom. The second-order valence-electron chi connectivity index (χ2n) is 3.72. The topological polar surface area (TPSA) is 66.9 Å². The van der Waals surface area contributed by atoms with E-state index in [0.717, 1.165) is 11.4 Å². The molecule has 2 aromatic rings. The maximum absolute atomic E-state index is 11.6. The van der Waals surface area contributed by atoms with Gasteiger partial charge < -0.3 is 10.6 Å². The van der Waals surface area contributed by atoms with Crippen molar-refractivity contribution in [3.05, 3.63) is 54.6 Å². The number of hydrogen-bond donors (Lipinski definition) is 2. The SMILES string of the molecule is O=C(CNCc1ccncn1)Nc1ccccc1. The number of para-hydroxylation sites is 1. The fourth-order valence-electron chi connectivity index (χ4n) is 1.45. The van der Waals surface area contributed by atoms with Crippen LogP contribution in [0, 0.1) is 0 Å². The average molecular weight is 242 g/mol. The Hall–Kier alpha value is -2.27. The highest BCUT2D eigenvalue weighted by molar-refractivity contribution is 5.92. The largest absolute Gasteiger partial charge is 0.325 e. The summed E-state index contributed by atoms with van der Waals surface area (Å²) in [5.41, 5.74) is 1.66. The van der Waals surface area contributed by atoms with Gasteiger partial charge in [-0.25, -0.2) is 9.97 Å². The lowest BCUT2D eigenvalue weighted by Gasteiger charge is -2.06. The maximum atomic E-state index is 11.6. The van der Waals surface area contributed by atoms with Crippen LogP contribution in [0.5, 0.6) is 0 Å². The predicted octanol–water partition coefficient (Wildman–Crippen LogP) is 1.20. The van der Waals surface area contributed by atoms with Crippen LogP contribution in [0.25, 0.3) is 0 Å². The third kappa shape index (κ3) is 3.95. The van der Waals surface area contributed by atoms with E-state index in [9.17, 15) is 4.79 Å². The van der Waals surface area contributed by atoms with Gasteiger partial charge in [0.25, 0.3) is 0 Å². The predicted molar refractivity (Wildman–Crippen MR) is 68.8 cm³/mol. The summed E-state index contributed by atoms with van der Waals surface area (Å²) < 4.78 is 0. The molecular weight excluding hydrogens is 228 g/mol. The van der Waals surface area contributed by atoms with Crippen molar-refractivity contribution in [1.29, 1.82) is 0 Å². The number of aromatic nitrogens is 2. The lowest BCUT2D eigenvalue weighted by molar-refractivity contribution is -0.115. The molecule has 2 N–H and O–H groups in total. The number of nitrogens with one attached hydrogen (secondary N) is 2. The van der Waals surface area contributed by atoms with E-state index in [1.54, 1.807) is 6.20 Å². The summed E-state index contributed by atoms with van der Waals surface area (Å²) in [6.07, 6.45) is 3.16. The Bertz CT molecular complexity index is 487. The molecular formula is C13H14N4O. The molecule has 92 valence electrons. The summed E-state index contributed by atoms with van der Waals surface area (Å²) in [6.45, 7) is 0.795. The van der Waals surface area contributed by atoms with Gasteiger partial charge in [-0.05, 0) is 18.2 Å². The molecule has 1 heterocycles. The van der Waals surface area contributed by atoms with E-state index in [1.807, 2.05) is 36.4 Å². The van der Waals surface area contributed by atoms with Crippen molar-refractivity contribution >= 4 is 11.6 Å². The molecule has 0 fully saturated rings. The molecule has 1 aromatic carbocycles. The van der Waals surface area contributed by atoms with Crippen LogP contribution in [0.3, 0.4) is 0 Å². The molecule has 0 atom stereocenters. The fraction of sp³-hybridized carbons (Fsp3) is 0.154. The van der Waals surface area contributed by atoms with E-state index >= 15 is 0 Å². The third-order valence-corrected chi connectivity index (χ3v) is 2.29. The molecule has 5 nitrogen and oxygen atoms in total. The van der Waals surface area contributed by atoms with Gasteiger partial charge in [-0.2, -0.15) is 0 Å². The van der Waals surface area contributed by atoms with Gasteiger partial charge in [0.1, 0.15) is 6.33 Å². The fourth-order valence-corrected chi connectivity index (χ4v) is 1.45. The summed E-state index contributed by atoms with van der Waals surface area (Å²) in [6, 6.07) is 11.2. The van der Waals surface area contributed by atoms with Crippen molar-refractivity contribution in [3.8, 4) is 0 Å². The van der Waals surface area contributed by atoms with Gasteiger partial charge in [-0.1, -0.05) is 18.2 Å². The first kappa shape index (κ1) is 12.2. The van der Waals surface area contributed by atoms with Gasteiger partial charge in [-0.3, -0.25) is 4.79 Å². The number of amides is 1. The third-order valence-electron chi connectivity index (χ3n) is 2.29. The van der Waals surface area contributed by atoms with Crippen molar-refractivity contribution in [3.63, 3.8) is 0 Å². The molecule has 5 heteroatoms. The van der Waals surface area contributed by atoms with Crippen molar-refractivity contribution in [2.45, 2.75) is 6.54 Å². The van der Waals surface area contributed by atoms with Crippen molar-refractivity contribution in [2.24, 2.45) is 0 Å². The molecule has 0 spiro atoms. The highest BCUT2D eigenvalue weighted by Gasteiger charge is 2.01. The molecule has 0 aliphatic carbocycles. The summed E-state index contributed by atoms with van der Waals surface area (Å²) in [5.74, 6) is -0.0738. The molecule has 2 rings (SSSR count). The minimum absolute atomic E-state index is 0.0738. The lowest BCUT2D eigenvalue weighted by atomic mass is 10.3. The minimum Gasteiger partial charge on any atom is -0.325 e. The lowest BCUT2D eigenvalue weighted by Crippen LogP contribution is -2.27. The Labute approximate surface area is 105 Å². The zero-order valence-electron chi connectivity index (χ0n) is 9.84. The smallest absolute Gasteiger partial charge is 0.238 e. The highest BCUT2D eigenvalue weighted by Crippen LogP contribution is 2.03. The molecule has 0 saturated carbocycles. The van der Waals surface area contributed by atoms with Gasteiger partial charge in [0.05, 0.1) is 12.2 Å². The Balaban J connectivity index is 1.73. The van der Waals surface area contributed by atoms with Gasteiger partial charge in [0.15, 0.2) is 0 Å². The molecule has 1 aromatic heterocycles. The van der Waals surface area contributed by atoms with Gasteiger partial charge in [-0.15, -0.1) is 0 Å². The number of nitrogens with zero attached hydrogens (tertiary/aromatic N) is 2. The summed E-state index contributed by atoms with van der Waals surface area (Å²) >= 11 is 0. The normalized spacial score (nSPS) is 10.0. The van der Waals surface area contributed by atoms with Crippen LogP contribution < -0.4 is 10.6 Å². The number of carbonyl (C=O) groups is 1. The molecule has 0 aliphatic rings. The number of rotatable bonds is 5. The summed E-state index contributed by atoms with van der Waals surface area (Å²) in [7, 11) is 0. The van der Waals surface area contributed by atoms with Crippen LogP contribution in [0.15, 0.2) is 48.9 Å². The first-order valence-corrected chi connectivity index (χ1v) is 5.65. The number of anilines is 1. The Morgan fingerprint density at radius 2 is 2.00 bits per heavy atom. The zero-order chi connectivity index (χ0) is 12.6.